The van der Waals surface area contributed by atoms with E-state index in [9.17, 15) is 0 Å². The van der Waals surface area contributed by atoms with Crippen LogP contribution in [0.5, 0.6) is 5.75 Å². The van der Waals surface area contributed by atoms with Gasteiger partial charge in [0.1, 0.15) is 12.4 Å². The van der Waals surface area contributed by atoms with E-state index in [4.69, 9.17) is 4.74 Å². The Morgan fingerprint density at radius 1 is 1.19 bits per heavy atom. The monoisotopic (exact) mass is 303 g/mol. The van der Waals surface area contributed by atoms with Crippen LogP contribution < -0.4 is 10.1 Å². The van der Waals surface area contributed by atoms with Gasteiger partial charge in [-0.1, -0.05) is 19.9 Å². The first-order valence-electron chi connectivity index (χ1n) is 7.61. The van der Waals surface area contributed by atoms with Crippen LogP contribution in [0.25, 0.3) is 0 Å². The number of aryl methyl sites for hydroxylation is 1. The van der Waals surface area contributed by atoms with Crippen molar-refractivity contribution in [3.8, 4) is 5.75 Å². The number of hydrogen-bond donors (Lipinski definition) is 1. The summed E-state index contributed by atoms with van der Waals surface area (Å²) in [5.41, 5.74) is 4.02. The van der Waals surface area contributed by atoms with Crippen LogP contribution >= 0.6 is 11.3 Å². The molecule has 0 amide bonds. The molecule has 1 aromatic carbocycles. The normalized spacial score (nSPS) is 11.0. The summed E-state index contributed by atoms with van der Waals surface area (Å²) in [6.45, 7) is 9.15. The zero-order valence-electron chi connectivity index (χ0n) is 13.2. The van der Waals surface area contributed by atoms with Crippen LogP contribution in [-0.2, 0) is 6.42 Å². The van der Waals surface area contributed by atoms with Gasteiger partial charge in [0.15, 0.2) is 0 Å². The molecule has 1 heterocycles. The first kappa shape index (κ1) is 16.1. The highest BCUT2D eigenvalue weighted by Crippen LogP contribution is 2.22. The standard InChI is InChI=1S/C18H25NOS/c1-14(2)17-10-15(3)11-18(12-17)20-8-7-19-6-4-16-5-9-21-13-16/h5,9-14,19H,4,6-8H2,1-3H3. The van der Waals surface area contributed by atoms with Crippen molar-refractivity contribution >= 4 is 11.3 Å². The molecule has 0 bridgehead atoms. The topological polar surface area (TPSA) is 21.3 Å². The molecular weight excluding hydrogens is 278 g/mol. The smallest absolute Gasteiger partial charge is 0.119 e. The molecule has 0 aliphatic heterocycles. The molecule has 0 unspecified atom stereocenters. The SMILES string of the molecule is Cc1cc(OCCNCCc2ccsc2)cc(C(C)C)c1. The van der Waals surface area contributed by atoms with Crippen molar-refractivity contribution in [2.75, 3.05) is 19.7 Å². The molecule has 1 aromatic heterocycles. The second-order valence-corrected chi connectivity index (χ2v) is 6.49. The van der Waals surface area contributed by atoms with Crippen LogP contribution in [0.15, 0.2) is 35.0 Å². The lowest BCUT2D eigenvalue weighted by Crippen LogP contribution is -2.23. The van der Waals surface area contributed by atoms with E-state index < -0.39 is 0 Å². The van der Waals surface area contributed by atoms with E-state index in [1.165, 1.54) is 16.7 Å². The van der Waals surface area contributed by atoms with Gasteiger partial charge in [0.25, 0.3) is 0 Å². The van der Waals surface area contributed by atoms with Gasteiger partial charge in [0, 0.05) is 6.54 Å². The van der Waals surface area contributed by atoms with Crippen LogP contribution in [-0.4, -0.2) is 19.7 Å². The Bertz CT molecular complexity index is 534. The molecule has 21 heavy (non-hydrogen) atoms. The number of benzene rings is 1. The lowest BCUT2D eigenvalue weighted by molar-refractivity contribution is 0.314. The fraction of sp³-hybridized carbons (Fsp3) is 0.444. The van der Waals surface area contributed by atoms with Gasteiger partial charge in [0.05, 0.1) is 0 Å². The first-order chi connectivity index (χ1) is 10.1. The van der Waals surface area contributed by atoms with Crippen molar-refractivity contribution in [1.82, 2.24) is 5.32 Å². The predicted octanol–water partition coefficient (Wildman–Crippen LogP) is 4.39. The summed E-state index contributed by atoms with van der Waals surface area (Å²) in [4.78, 5) is 0. The number of nitrogens with one attached hydrogen (secondary N) is 1. The van der Waals surface area contributed by atoms with Gasteiger partial charge in [-0.05, 0) is 71.5 Å². The van der Waals surface area contributed by atoms with E-state index >= 15 is 0 Å². The second-order valence-electron chi connectivity index (χ2n) is 5.71. The zero-order chi connectivity index (χ0) is 15.1. The minimum Gasteiger partial charge on any atom is -0.492 e. The Hall–Kier alpha value is -1.32. The van der Waals surface area contributed by atoms with E-state index in [-0.39, 0.29) is 0 Å². The van der Waals surface area contributed by atoms with Gasteiger partial charge in [-0.25, -0.2) is 0 Å². The maximum Gasteiger partial charge on any atom is 0.119 e. The molecule has 3 heteroatoms. The summed E-state index contributed by atoms with van der Waals surface area (Å²) < 4.78 is 5.85. The maximum absolute atomic E-state index is 5.85. The Kier molecular flexibility index (Phi) is 6.27. The zero-order valence-corrected chi connectivity index (χ0v) is 14.0. The summed E-state index contributed by atoms with van der Waals surface area (Å²) >= 11 is 1.76. The molecule has 1 N–H and O–H groups in total. The molecule has 2 nitrogen and oxygen atoms in total. The van der Waals surface area contributed by atoms with Crippen molar-refractivity contribution in [1.29, 1.82) is 0 Å². The van der Waals surface area contributed by atoms with Gasteiger partial charge >= 0.3 is 0 Å². The Morgan fingerprint density at radius 3 is 2.76 bits per heavy atom. The molecule has 0 saturated heterocycles. The van der Waals surface area contributed by atoms with Crippen molar-refractivity contribution < 1.29 is 4.74 Å². The van der Waals surface area contributed by atoms with Crippen LogP contribution in [0.1, 0.15) is 36.5 Å². The van der Waals surface area contributed by atoms with Crippen LogP contribution in [0.4, 0.5) is 0 Å². The Labute approximate surface area is 132 Å². The third kappa shape index (κ3) is 5.52. The van der Waals surface area contributed by atoms with Gasteiger partial charge in [0.2, 0.25) is 0 Å². The largest absolute Gasteiger partial charge is 0.492 e. The molecule has 0 aliphatic rings. The van der Waals surface area contributed by atoms with Crippen molar-refractivity contribution in [2.24, 2.45) is 0 Å². The third-order valence-electron chi connectivity index (χ3n) is 3.46. The summed E-state index contributed by atoms with van der Waals surface area (Å²) in [5, 5.41) is 7.76. The fourth-order valence-electron chi connectivity index (χ4n) is 2.23. The quantitative estimate of drug-likeness (QED) is 0.730. The number of rotatable bonds is 8. The van der Waals surface area contributed by atoms with E-state index in [2.05, 4.69) is 61.1 Å². The highest BCUT2D eigenvalue weighted by atomic mass is 32.1. The van der Waals surface area contributed by atoms with Crippen LogP contribution in [0.3, 0.4) is 0 Å². The lowest BCUT2D eigenvalue weighted by atomic mass is 10.0. The van der Waals surface area contributed by atoms with E-state index in [1.54, 1.807) is 11.3 Å². The molecule has 2 rings (SSSR count). The number of hydrogen-bond acceptors (Lipinski definition) is 3. The Morgan fingerprint density at radius 2 is 2.05 bits per heavy atom. The molecule has 0 atom stereocenters. The van der Waals surface area contributed by atoms with Gasteiger partial charge < -0.3 is 10.1 Å². The highest BCUT2D eigenvalue weighted by molar-refractivity contribution is 7.07. The van der Waals surface area contributed by atoms with Crippen molar-refractivity contribution in [3.63, 3.8) is 0 Å². The van der Waals surface area contributed by atoms with E-state index in [0.29, 0.717) is 12.5 Å². The van der Waals surface area contributed by atoms with E-state index in [1.807, 2.05) is 0 Å². The highest BCUT2D eigenvalue weighted by Gasteiger charge is 2.03. The average molecular weight is 303 g/mol. The molecule has 2 aromatic rings. The molecule has 0 saturated carbocycles. The molecular formula is C18H25NOS. The predicted molar refractivity (Wildman–Crippen MR) is 91.7 cm³/mol. The minimum atomic E-state index is 0.538. The molecule has 0 aliphatic carbocycles. The summed E-state index contributed by atoms with van der Waals surface area (Å²) in [7, 11) is 0. The van der Waals surface area contributed by atoms with Crippen molar-refractivity contribution in [3.05, 3.63) is 51.7 Å². The van der Waals surface area contributed by atoms with Gasteiger partial charge in [-0.3, -0.25) is 0 Å². The van der Waals surface area contributed by atoms with Crippen molar-refractivity contribution in [2.45, 2.75) is 33.1 Å². The molecule has 0 spiro atoms. The number of ether oxygens (including phenoxy) is 1. The van der Waals surface area contributed by atoms with Crippen LogP contribution in [0.2, 0.25) is 0 Å². The van der Waals surface area contributed by atoms with E-state index in [0.717, 1.165) is 25.3 Å². The third-order valence-corrected chi connectivity index (χ3v) is 4.19. The molecule has 0 fully saturated rings. The fourth-order valence-corrected chi connectivity index (χ4v) is 2.93. The summed E-state index contributed by atoms with van der Waals surface area (Å²) in [5.74, 6) is 1.52. The maximum atomic E-state index is 5.85. The molecule has 114 valence electrons. The lowest BCUT2D eigenvalue weighted by Gasteiger charge is -2.12. The van der Waals surface area contributed by atoms with Gasteiger partial charge in [-0.15, -0.1) is 0 Å². The van der Waals surface area contributed by atoms with Gasteiger partial charge in [-0.2, -0.15) is 11.3 Å². The Balaban J connectivity index is 1.68. The molecule has 0 radical (unpaired) electrons. The first-order valence-corrected chi connectivity index (χ1v) is 8.55. The average Bonchev–Trinajstić information content (AvgIpc) is 2.95. The van der Waals surface area contributed by atoms with Crippen LogP contribution in [0, 0.1) is 6.92 Å². The second kappa shape index (κ2) is 8.20. The summed E-state index contributed by atoms with van der Waals surface area (Å²) in [6, 6.07) is 8.68. The number of thiophene rings is 1. The minimum absolute atomic E-state index is 0.538. The summed E-state index contributed by atoms with van der Waals surface area (Å²) in [6.07, 6.45) is 1.09.